The van der Waals surface area contributed by atoms with Crippen molar-refractivity contribution in [3.05, 3.63) is 23.2 Å². The highest BCUT2D eigenvalue weighted by molar-refractivity contribution is 7.21. The number of fused-ring (bicyclic) bond motifs is 1. The van der Waals surface area contributed by atoms with Crippen molar-refractivity contribution in [2.24, 2.45) is 0 Å². The minimum Gasteiger partial charge on any atom is -0.397 e. The molecule has 2 atom stereocenters. The van der Waals surface area contributed by atoms with Crippen molar-refractivity contribution in [2.45, 2.75) is 31.9 Å². The summed E-state index contributed by atoms with van der Waals surface area (Å²) in [7, 11) is 0. The molecule has 2 aromatic heterocycles. The van der Waals surface area contributed by atoms with E-state index in [-0.39, 0.29) is 18.1 Å². The molecule has 0 bridgehead atoms. The highest BCUT2D eigenvalue weighted by Gasteiger charge is 2.25. The third-order valence-corrected chi connectivity index (χ3v) is 4.72. The maximum absolute atomic E-state index is 12.3. The van der Waals surface area contributed by atoms with Crippen molar-refractivity contribution >= 4 is 33.1 Å². The van der Waals surface area contributed by atoms with E-state index in [2.05, 4.69) is 10.3 Å². The number of nitrogens with zero attached hydrogens (tertiary/aromatic N) is 1. The van der Waals surface area contributed by atoms with Crippen LogP contribution in [0.4, 0.5) is 5.69 Å². The molecule has 2 aromatic rings. The predicted octanol–water partition coefficient (Wildman–Crippen LogP) is 2.18. The van der Waals surface area contributed by atoms with Crippen LogP contribution in [0, 0.1) is 0 Å². The molecule has 1 saturated heterocycles. The van der Waals surface area contributed by atoms with Gasteiger partial charge in [0.15, 0.2) is 0 Å². The Morgan fingerprint density at radius 1 is 1.65 bits per heavy atom. The van der Waals surface area contributed by atoms with Gasteiger partial charge in [0.05, 0.1) is 17.8 Å². The van der Waals surface area contributed by atoms with Crippen molar-refractivity contribution in [3.63, 3.8) is 0 Å². The fourth-order valence-corrected chi connectivity index (χ4v) is 3.45. The highest BCUT2D eigenvalue weighted by Crippen LogP contribution is 2.32. The summed E-state index contributed by atoms with van der Waals surface area (Å²) < 4.78 is 5.59. The van der Waals surface area contributed by atoms with Gasteiger partial charge in [0.2, 0.25) is 0 Å². The fraction of sp³-hybridized carbons (Fsp3) is 0.429. The van der Waals surface area contributed by atoms with Crippen LogP contribution < -0.4 is 11.1 Å². The molecule has 0 saturated carbocycles. The van der Waals surface area contributed by atoms with E-state index in [1.807, 2.05) is 19.1 Å². The molecule has 0 radical (unpaired) electrons. The fourth-order valence-electron chi connectivity index (χ4n) is 2.48. The number of nitrogen functional groups attached to an aromatic ring is 1. The second-order valence-electron chi connectivity index (χ2n) is 5.01. The van der Waals surface area contributed by atoms with Gasteiger partial charge in [0.25, 0.3) is 5.91 Å². The van der Waals surface area contributed by atoms with E-state index < -0.39 is 0 Å². The molecule has 1 fully saturated rings. The van der Waals surface area contributed by atoms with Gasteiger partial charge < -0.3 is 15.8 Å². The number of hydrogen-bond acceptors (Lipinski definition) is 5. The van der Waals surface area contributed by atoms with E-state index in [9.17, 15) is 4.79 Å². The lowest BCUT2D eigenvalue weighted by atomic mass is 10.1. The molecular formula is C14H17N3O2S. The van der Waals surface area contributed by atoms with Crippen LogP contribution in [0.2, 0.25) is 0 Å². The van der Waals surface area contributed by atoms with E-state index in [1.54, 1.807) is 6.20 Å². The highest BCUT2D eigenvalue weighted by atomic mass is 32.1. The molecule has 20 heavy (non-hydrogen) atoms. The number of hydrogen-bond donors (Lipinski definition) is 2. The van der Waals surface area contributed by atoms with Gasteiger partial charge in [-0.05, 0) is 31.9 Å². The zero-order valence-electron chi connectivity index (χ0n) is 11.3. The number of thiophene rings is 1. The molecule has 5 nitrogen and oxygen atoms in total. The summed E-state index contributed by atoms with van der Waals surface area (Å²) in [6.07, 6.45) is 3.85. The van der Waals surface area contributed by atoms with Crippen LogP contribution in [-0.4, -0.2) is 29.6 Å². The number of rotatable bonds is 3. The normalized spacial score (nSPS) is 20.1. The summed E-state index contributed by atoms with van der Waals surface area (Å²) in [4.78, 5) is 17.9. The van der Waals surface area contributed by atoms with Crippen molar-refractivity contribution in [1.82, 2.24) is 10.3 Å². The predicted molar refractivity (Wildman–Crippen MR) is 79.9 cm³/mol. The number of anilines is 1. The summed E-state index contributed by atoms with van der Waals surface area (Å²) in [5.41, 5.74) is 6.56. The maximum atomic E-state index is 12.3. The first-order valence-electron chi connectivity index (χ1n) is 6.72. The minimum absolute atomic E-state index is 0.0115. The number of amides is 1. The number of pyridine rings is 1. The van der Waals surface area contributed by atoms with Crippen LogP contribution in [0.3, 0.4) is 0 Å². The number of carbonyl (C=O) groups is 1. The second-order valence-corrected chi connectivity index (χ2v) is 6.01. The second kappa shape index (κ2) is 5.38. The minimum atomic E-state index is -0.145. The molecule has 0 aliphatic carbocycles. The number of nitrogens with one attached hydrogen (secondary N) is 1. The van der Waals surface area contributed by atoms with Gasteiger partial charge in [-0.25, -0.2) is 4.98 Å². The van der Waals surface area contributed by atoms with Gasteiger partial charge in [-0.1, -0.05) is 0 Å². The van der Waals surface area contributed by atoms with E-state index in [4.69, 9.17) is 10.5 Å². The monoisotopic (exact) mass is 291 g/mol. The number of aromatic nitrogens is 1. The first kappa shape index (κ1) is 13.3. The number of carbonyl (C=O) groups excluding carboxylic acids is 1. The smallest absolute Gasteiger partial charge is 0.263 e. The van der Waals surface area contributed by atoms with Crippen LogP contribution in [0.1, 0.15) is 29.4 Å². The SMILES string of the molecule is CC(NC(=O)c1sc2ncccc2c1N)C1CCCO1. The molecule has 1 aliphatic heterocycles. The molecule has 6 heteroatoms. The van der Waals surface area contributed by atoms with Gasteiger partial charge in [-0.15, -0.1) is 11.3 Å². The van der Waals surface area contributed by atoms with E-state index in [0.29, 0.717) is 10.6 Å². The van der Waals surface area contributed by atoms with Gasteiger partial charge >= 0.3 is 0 Å². The van der Waals surface area contributed by atoms with Crippen LogP contribution >= 0.6 is 11.3 Å². The zero-order valence-corrected chi connectivity index (χ0v) is 12.1. The van der Waals surface area contributed by atoms with E-state index in [1.165, 1.54) is 11.3 Å². The third kappa shape index (κ3) is 2.36. The third-order valence-electron chi connectivity index (χ3n) is 3.59. The lowest BCUT2D eigenvalue weighted by molar-refractivity contribution is 0.0715. The summed E-state index contributed by atoms with van der Waals surface area (Å²) >= 11 is 1.33. The quantitative estimate of drug-likeness (QED) is 0.908. The van der Waals surface area contributed by atoms with Crippen molar-refractivity contribution in [3.8, 4) is 0 Å². The van der Waals surface area contributed by atoms with Crippen LogP contribution in [0.15, 0.2) is 18.3 Å². The summed E-state index contributed by atoms with van der Waals surface area (Å²) in [6.45, 7) is 2.75. The Bertz CT molecular complexity index is 634. The Morgan fingerprint density at radius 2 is 2.50 bits per heavy atom. The van der Waals surface area contributed by atoms with Gasteiger partial charge in [0, 0.05) is 18.2 Å². The molecule has 0 spiro atoms. The molecule has 1 amide bonds. The molecule has 2 unspecified atom stereocenters. The molecule has 106 valence electrons. The maximum Gasteiger partial charge on any atom is 0.263 e. The first-order chi connectivity index (χ1) is 9.66. The van der Waals surface area contributed by atoms with Crippen LogP contribution in [0.25, 0.3) is 10.2 Å². The molecule has 0 aromatic carbocycles. The standard InChI is InChI=1S/C14H17N3O2S/c1-8(10-5-3-7-19-10)17-13(18)12-11(15)9-4-2-6-16-14(9)20-12/h2,4,6,8,10H,3,5,7,15H2,1H3,(H,17,18). The van der Waals surface area contributed by atoms with Crippen molar-refractivity contribution in [2.75, 3.05) is 12.3 Å². The molecule has 3 N–H and O–H groups in total. The Hall–Kier alpha value is -1.66. The summed E-state index contributed by atoms with van der Waals surface area (Å²) in [6, 6.07) is 3.69. The Balaban J connectivity index is 1.80. The van der Waals surface area contributed by atoms with Crippen LogP contribution in [-0.2, 0) is 4.74 Å². The lowest BCUT2D eigenvalue weighted by Crippen LogP contribution is -2.40. The van der Waals surface area contributed by atoms with Gasteiger partial charge in [0.1, 0.15) is 9.71 Å². The summed E-state index contributed by atoms with van der Waals surface area (Å²) in [5.74, 6) is -0.145. The number of ether oxygens (including phenoxy) is 1. The zero-order chi connectivity index (χ0) is 14.1. The van der Waals surface area contributed by atoms with E-state index >= 15 is 0 Å². The first-order valence-corrected chi connectivity index (χ1v) is 7.54. The van der Waals surface area contributed by atoms with E-state index in [0.717, 1.165) is 29.7 Å². The molecule has 3 heterocycles. The molecular weight excluding hydrogens is 274 g/mol. The Kier molecular flexibility index (Phi) is 3.58. The Morgan fingerprint density at radius 3 is 3.20 bits per heavy atom. The van der Waals surface area contributed by atoms with Crippen molar-refractivity contribution < 1.29 is 9.53 Å². The molecule has 3 rings (SSSR count). The average molecular weight is 291 g/mol. The number of nitrogens with two attached hydrogens (primary N) is 1. The summed E-state index contributed by atoms with van der Waals surface area (Å²) in [5, 5.41) is 3.82. The van der Waals surface area contributed by atoms with Gasteiger partial charge in [-0.2, -0.15) is 0 Å². The van der Waals surface area contributed by atoms with Gasteiger partial charge in [-0.3, -0.25) is 4.79 Å². The van der Waals surface area contributed by atoms with Crippen molar-refractivity contribution in [1.29, 1.82) is 0 Å². The Labute approximate surface area is 121 Å². The lowest BCUT2D eigenvalue weighted by Gasteiger charge is -2.19. The largest absolute Gasteiger partial charge is 0.397 e. The molecule has 1 aliphatic rings. The topological polar surface area (TPSA) is 77.2 Å². The van der Waals surface area contributed by atoms with Crippen LogP contribution in [0.5, 0.6) is 0 Å². The average Bonchev–Trinajstić information content (AvgIpc) is 3.07.